The fourth-order valence-corrected chi connectivity index (χ4v) is 2.28. The van der Waals surface area contributed by atoms with E-state index in [0.717, 1.165) is 16.6 Å². The Bertz CT molecular complexity index is 710. The van der Waals surface area contributed by atoms with Crippen molar-refractivity contribution >= 4 is 10.9 Å². The number of rotatable bonds is 2. The molecule has 1 aliphatic rings. The highest BCUT2D eigenvalue weighted by Crippen LogP contribution is 2.31. The van der Waals surface area contributed by atoms with Crippen LogP contribution >= 0.6 is 0 Å². The van der Waals surface area contributed by atoms with Crippen molar-refractivity contribution in [2.45, 2.75) is 6.29 Å². The molecule has 96 valence electrons. The summed E-state index contributed by atoms with van der Waals surface area (Å²) in [5.41, 5.74) is 1.80. The maximum absolute atomic E-state index is 5.79. The first-order chi connectivity index (χ1) is 9.42. The number of ether oxygens (including phenoxy) is 2. The van der Waals surface area contributed by atoms with Gasteiger partial charge in [-0.2, -0.15) is 5.10 Å². The van der Waals surface area contributed by atoms with Crippen LogP contribution in [0.1, 0.15) is 12.1 Å². The first-order valence-electron chi connectivity index (χ1n) is 6.18. The molecule has 2 aromatic heterocycles. The molecule has 1 aromatic carbocycles. The molecule has 3 heterocycles. The number of aromatic nitrogens is 2. The van der Waals surface area contributed by atoms with E-state index in [1.165, 1.54) is 0 Å². The smallest absolute Gasteiger partial charge is 0.217 e. The Morgan fingerprint density at radius 2 is 1.89 bits per heavy atom. The van der Waals surface area contributed by atoms with Gasteiger partial charge in [0.25, 0.3) is 0 Å². The number of fused-ring (bicyclic) bond motifs is 1. The molecule has 1 N–H and O–H groups in total. The van der Waals surface area contributed by atoms with E-state index in [2.05, 4.69) is 10.2 Å². The molecule has 5 heteroatoms. The Labute approximate surface area is 109 Å². The molecule has 0 unspecified atom stereocenters. The number of nitrogens with zero attached hydrogens (tertiary/aromatic N) is 1. The summed E-state index contributed by atoms with van der Waals surface area (Å²) in [7, 11) is 0. The van der Waals surface area contributed by atoms with E-state index in [9.17, 15) is 0 Å². The van der Waals surface area contributed by atoms with Crippen LogP contribution in [0.4, 0.5) is 0 Å². The van der Waals surface area contributed by atoms with Crippen LogP contribution in [0.15, 0.2) is 40.8 Å². The van der Waals surface area contributed by atoms with Crippen molar-refractivity contribution in [1.29, 1.82) is 0 Å². The normalized spacial score (nSPS) is 16.4. The van der Waals surface area contributed by atoms with Gasteiger partial charge in [-0.15, -0.1) is 0 Å². The minimum atomic E-state index is -0.390. The lowest BCUT2D eigenvalue weighted by molar-refractivity contribution is -0.0585. The summed E-state index contributed by atoms with van der Waals surface area (Å²) in [6.07, 6.45) is -0.390. The van der Waals surface area contributed by atoms with Crippen LogP contribution in [-0.2, 0) is 9.47 Å². The molecule has 19 heavy (non-hydrogen) atoms. The van der Waals surface area contributed by atoms with E-state index in [4.69, 9.17) is 13.9 Å². The Morgan fingerprint density at radius 1 is 1.05 bits per heavy atom. The lowest BCUT2D eigenvalue weighted by Gasteiger charge is -2.03. The minimum Gasteiger partial charge on any atom is -0.454 e. The zero-order valence-corrected chi connectivity index (χ0v) is 10.1. The second-order valence-electron chi connectivity index (χ2n) is 4.39. The van der Waals surface area contributed by atoms with Crippen molar-refractivity contribution < 1.29 is 13.9 Å². The lowest BCUT2D eigenvalue weighted by Crippen LogP contribution is -1.94. The lowest BCUT2D eigenvalue weighted by atomic mass is 10.2. The average molecular weight is 256 g/mol. The highest BCUT2D eigenvalue weighted by atomic mass is 16.7. The first-order valence-corrected chi connectivity index (χ1v) is 6.18. The number of hydrogen-bond donors (Lipinski definition) is 1. The Hall–Kier alpha value is -2.11. The third-order valence-electron chi connectivity index (χ3n) is 3.18. The molecular formula is C14H12N2O3. The van der Waals surface area contributed by atoms with Gasteiger partial charge in [0, 0.05) is 5.39 Å². The molecule has 0 aliphatic carbocycles. The maximum Gasteiger partial charge on any atom is 0.217 e. The van der Waals surface area contributed by atoms with Gasteiger partial charge in [-0.1, -0.05) is 18.2 Å². The number of hydrogen-bond acceptors (Lipinski definition) is 4. The fourth-order valence-electron chi connectivity index (χ4n) is 2.28. The van der Waals surface area contributed by atoms with Crippen molar-refractivity contribution in [3.05, 3.63) is 42.2 Å². The van der Waals surface area contributed by atoms with Crippen LogP contribution in [0.3, 0.4) is 0 Å². The molecule has 0 atom stereocenters. The van der Waals surface area contributed by atoms with Crippen molar-refractivity contribution in [3.8, 4) is 11.5 Å². The van der Waals surface area contributed by atoms with Gasteiger partial charge in [0.15, 0.2) is 11.5 Å². The Kier molecular flexibility index (Phi) is 2.39. The summed E-state index contributed by atoms with van der Waals surface area (Å²) in [5, 5.41) is 8.34. The summed E-state index contributed by atoms with van der Waals surface area (Å²) >= 11 is 0. The molecule has 0 bridgehead atoms. The van der Waals surface area contributed by atoms with Crippen molar-refractivity contribution in [1.82, 2.24) is 10.2 Å². The van der Waals surface area contributed by atoms with E-state index < -0.39 is 0 Å². The second kappa shape index (κ2) is 4.22. The SMILES string of the molecule is c1ccc2c(-c3ccc(C4OCCO4)o3)n[nH]c2c1. The summed E-state index contributed by atoms with van der Waals surface area (Å²) in [6, 6.07) is 11.7. The number of aromatic amines is 1. The fraction of sp³-hybridized carbons (Fsp3) is 0.214. The predicted octanol–water partition coefficient (Wildman–Crippen LogP) is 2.87. The zero-order chi connectivity index (χ0) is 12.7. The molecule has 1 fully saturated rings. The summed E-state index contributed by atoms with van der Waals surface area (Å²) in [4.78, 5) is 0. The minimum absolute atomic E-state index is 0.390. The first kappa shape index (κ1) is 10.8. The van der Waals surface area contributed by atoms with Crippen LogP contribution in [0.2, 0.25) is 0 Å². The average Bonchev–Trinajstić information content (AvgIpc) is 3.18. The summed E-state index contributed by atoms with van der Waals surface area (Å²) < 4.78 is 16.6. The monoisotopic (exact) mass is 256 g/mol. The third-order valence-corrected chi connectivity index (χ3v) is 3.18. The Morgan fingerprint density at radius 3 is 2.79 bits per heavy atom. The molecular weight excluding hydrogens is 244 g/mol. The highest BCUT2D eigenvalue weighted by molar-refractivity contribution is 5.91. The van der Waals surface area contributed by atoms with E-state index in [1.54, 1.807) is 0 Å². The number of furan rings is 1. The molecule has 1 saturated heterocycles. The highest BCUT2D eigenvalue weighted by Gasteiger charge is 2.22. The largest absolute Gasteiger partial charge is 0.454 e. The molecule has 0 saturated carbocycles. The van der Waals surface area contributed by atoms with E-state index in [-0.39, 0.29) is 6.29 Å². The van der Waals surface area contributed by atoms with Crippen LogP contribution in [-0.4, -0.2) is 23.4 Å². The number of H-pyrrole nitrogens is 1. The van der Waals surface area contributed by atoms with Crippen molar-refractivity contribution in [2.24, 2.45) is 0 Å². The third kappa shape index (κ3) is 1.75. The Balaban J connectivity index is 1.76. The van der Waals surface area contributed by atoms with E-state index in [0.29, 0.717) is 24.7 Å². The van der Waals surface area contributed by atoms with Crippen LogP contribution in [0, 0.1) is 0 Å². The van der Waals surface area contributed by atoms with Gasteiger partial charge in [-0.05, 0) is 18.2 Å². The summed E-state index contributed by atoms with van der Waals surface area (Å²) in [5.74, 6) is 1.39. The van der Waals surface area contributed by atoms with E-state index in [1.807, 2.05) is 36.4 Å². The van der Waals surface area contributed by atoms with Gasteiger partial charge in [0.05, 0.1) is 18.7 Å². The maximum atomic E-state index is 5.79. The van der Waals surface area contributed by atoms with Crippen LogP contribution in [0.5, 0.6) is 0 Å². The van der Waals surface area contributed by atoms with Crippen LogP contribution < -0.4 is 0 Å². The van der Waals surface area contributed by atoms with Gasteiger partial charge in [-0.3, -0.25) is 5.10 Å². The van der Waals surface area contributed by atoms with Gasteiger partial charge in [-0.25, -0.2) is 0 Å². The van der Waals surface area contributed by atoms with E-state index >= 15 is 0 Å². The number of nitrogens with one attached hydrogen (secondary N) is 1. The number of para-hydroxylation sites is 1. The molecule has 0 spiro atoms. The van der Waals surface area contributed by atoms with Gasteiger partial charge >= 0.3 is 0 Å². The molecule has 0 amide bonds. The molecule has 1 aliphatic heterocycles. The molecule has 4 rings (SSSR count). The topological polar surface area (TPSA) is 60.3 Å². The van der Waals surface area contributed by atoms with Crippen molar-refractivity contribution in [3.63, 3.8) is 0 Å². The molecule has 3 aromatic rings. The van der Waals surface area contributed by atoms with Crippen molar-refractivity contribution in [2.75, 3.05) is 13.2 Å². The van der Waals surface area contributed by atoms with Gasteiger partial charge in [0.2, 0.25) is 6.29 Å². The quantitative estimate of drug-likeness (QED) is 0.765. The van der Waals surface area contributed by atoms with Gasteiger partial charge in [0.1, 0.15) is 5.69 Å². The zero-order valence-electron chi connectivity index (χ0n) is 10.1. The summed E-state index contributed by atoms with van der Waals surface area (Å²) in [6.45, 7) is 1.21. The molecule has 0 radical (unpaired) electrons. The standard InChI is InChI=1S/C14H12N2O3/c1-2-4-10-9(3-1)13(16-15-10)11-5-6-12(19-11)14-17-7-8-18-14/h1-6,14H,7-8H2,(H,15,16). The predicted molar refractivity (Wildman–Crippen MR) is 68.4 cm³/mol. The van der Waals surface area contributed by atoms with Gasteiger partial charge < -0.3 is 13.9 Å². The van der Waals surface area contributed by atoms with Crippen LogP contribution in [0.25, 0.3) is 22.4 Å². The second-order valence-corrected chi connectivity index (χ2v) is 4.39. The molecule has 5 nitrogen and oxygen atoms in total. The number of benzene rings is 1.